The standard InChI is InChI=1S/C19H28ClN3O2/c1-16(7-4-2-3-5-10-19(24)21-25)22-11-13-23(14-12-22)18-9-6-8-17(20)15-18/h6,8-9,15,20H,1-5,7,10-14H2,(H-,21,24,25)/p+1. The molecule has 5 nitrogen and oxygen atoms in total. The van der Waals surface area contributed by atoms with Crippen LogP contribution >= 0.6 is 0 Å². The summed E-state index contributed by atoms with van der Waals surface area (Å²) < 4.78 is 0. The number of hydrogen-bond donors (Lipinski definition) is 2. The zero-order chi connectivity index (χ0) is 18.1. The van der Waals surface area contributed by atoms with Crippen LogP contribution in [-0.2, 0) is 4.79 Å². The Labute approximate surface area is 155 Å². The molecule has 25 heavy (non-hydrogen) atoms. The van der Waals surface area contributed by atoms with Crippen molar-refractivity contribution < 1.29 is 21.6 Å². The molecule has 0 radical (unpaired) electrons. The number of hydroxylamine groups is 1. The van der Waals surface area contributed by atoms with Crippen molar-refractivity contribution >= 4 is 11.6 Å². The third-order valence-electron chi connectivity index (χ3n) is 4.65. The maximum absolute atomic E-state index is 10.9. The first-order chi connectivity index (χ1) is 12.1. The molecule has 6 heteroatoms. The van der Waals surface area contributed by atoms with Crippen molar-refractivity contribution in [3.05, 3.63) is 41.6 Å². The number of halogens is 1. The zero-order valence-electron chi connectivity index (χ0n) is 14.7. The molecular weight excluding hydrogens is 338 g/mol. The van der Waals surface area contributed by atoms with E-state index >= 15 is 0 Å². The van der Waals surface area contributed by atoms with E-state index in [1.54, 1.807) is 5.48 Å². The fraction of sp³-hybridized carbons (Fsp3) is 0.526. The Morgan fingerprint density at radius 2 is 1.80 bits per heavy atom. The lowest BCUT2D eigenvalue weighted by Crippen LogP contribution is -2.45. The van der Waals surface area contributed by atoms with Crippen molar-refractivity contribution in [3.63, 3.8) is 0 Å². The quantitative estimate of drug-likeness (QED) is 0.401. The normalized spacial score (nSPS) is 14.5. The average molecular weight is 367 g/mol. The van der Waals surface area contributed by atoms with Gasteiger partial charge in [-0.3, -0.25) is 10.0 Å². The molecule has 1 amide bonds. The Morgan fingerprint density at radius 3 is 2.44 bits per heavy atom. The van der Waals surface area contributed by atoms with Crippen LogP contribution in [0.3, 0.4) is 0 Å². The second-order valence-corrected chi connectivity index (χ2v) is 6.96. The van der Waals surface area contributed by atoms with Crippen LogP contribution in [-0.4, -0.2) is 42.2 Å². The minimum atomic E-state index is -0.302. The molecule has 138 valence electrons. The van der Waals surface area contributed by atoms with Crippen molar-refractivity contribution in [1.29, 1.82) is 0 Å². The average Bonchev–Trinajstić information content (AvgIpc) is 2.64. The van der Waals surface area contributed by atoms with E-state index in [9.17, 15) is 4.79 Å². The van der Waals surface area contributed by atoms with Gasteiger partial charge in [0.2, 0.25) is 10.9 Å². The topological polar surface area (TPSA) is 55.8 Å². The first kappa shape index (κ1) is 19.6. The van der Waals surface area contributed by atoms with Gasteiger partial charge in [0.25, 0.3) is 0 Å². The number of carbonyl (C=O) groups is 1. The number of piperazine rings is 1. The highest BCUT2D eigenvalue weighted by molar-refractivity contribution is 5.74. The van der Waals surface area contributed by atoms with E-state index in [0.29, 0.717) is 6.42 Å². The predicted molar refractivity (Wildman–Crippen MR) is 97.6 cm³/mol. The van der Waals surface area contributed by atoms with Crippen molar-refractivity contribution in [2.75, 3.05) is 31.1 Å². The summed E-state index contributed by atoms with van der Waals surface area (Å²) >= 11 is 5.25. The molecule has 2 N–H and O–H groups in total. The minimum Gasteiger partial charge on any atom is -0.372 e. The summed E-state index contributed by atoms with van der Waals surface area (Å²) in [7, 11) is 0. The maximum atomic E-state index is 10.9. The second kappa shape index (κ2) is 10.3. The smallest absolute Gasteiger partial charge is 0.243 e. The molecule has 0 atom stereocenters. The number of nitrogens with zero attached hydrogens (tertiary/aromatic N) is 2. The third kappa shape index (κ3) is 6.59. The molecule has 1 saturated heterocycles. The Balaban J connectivity index is 1.62. The molecule has 1 aliphatic rings. The fourth-order valence-electron chi connectivity index (χ4n) is 3.14. The van der Waals surface area contributed by atoms with Gasteiger partial charge in [-0.2, -0.15) is 0 Å². The van der Waals surface area contributed by atoms with Gasteiger partial charge < -0.3 is 9.80 Å². The van der Waals surface area contributed by atoms with Crippen LogP contribution in [0.5, 0.6) is 0 Å². The van der Waals surface area contributed by atoms with Gasteiger partial charge in [-0.05, 0) is 25.3 Å². The molecule has 0 saturated carbocycles. The number of rotatable bonds is 9. The van der Waals surface area contributed by atoms with E-state index in [0.717, 1.165) is 63.3 Å². The Bertz CT molecular complexity index is 572. The molecule has 1 aromatic carbocycles. The van der Waals surface area contributed by atoms with Crippen LogP contribution < -0.4 is 10.4 Å². The molecule has 0 unspecified atom stereocenters. The number of amides is 1. The lowest BCUT2D eigenvalue weighted by Gasteiger charge is -2.38. The van der Waals surface area contributed by atoms with Gasteiger partial charge in [-0.15, -0.1) is 0 Å². The largest absolute Gasteiger partial charge is 0.372 e. The molecule has 0 bridgehead atoms. The van der Waals surface area contributed by atoms with Crippen LogP contribution in [0.25, 0.3) is 0 Å². The van der Waals surface area contributed by atoms with Crippen molar-refractivity contribution in [2.24, 2.45) is 0 Å². The van der Waals surface area contributed by atoms with Gasteiger partial charge in [0.05, 0.1) is 0 Å². The number of anilines is 1. The Kier molecular flexibility index (Phi) is 8.09. The van der Waals surface area contributed by atoms with Crippen molar-refractivity contribution in [1.82, 2.24) is 10.4 Å². The third-order valence-corrected chi connectivity index (χ3v) is 4.91. The van der Waals surface area contributed by atoms with Gasteiger partial charge >= 0.3 is 0 Å². The van der Waals surface area contributed by atoms with E-state index in [4.69, 9.17) is 16.8 Å². The van der Waals surface area contributed by atoms with Crippen LogP contribution in [0.1, 0.15) is 38.5 Å². The lowest BCUT2D eigenvalue weighted by atomic mass is 10.1. The summed E-state index contributed by atoms with van der Waals surface area (Å²) in [4.78, 5) is 15.7. The summed E-state index contributed by atoms with van der Waals surface area (Å²) in [5, 5.41) is 9.32. The monoisotopic (exact) mass is 366 g/mol. The lowest BCUT2D eigenvalue weighted by molar-refractivity contribution is -0.288. The summed E-state index contributed by atoms with van der Waals surface area (Å²) in [6.07, 6.45) is 5.41. The SMILES string of the molecule is C=C(CCCCCCC(=O)NO)N1CCN(c2cccc([ClH+])c2)CC1. The van der Waals surface area contributed by atoms with E-state index in [1.807, 2.05) is 12.1 Å². The van der Waals surface area contributed by atoms with E-state index in [-0.39, 0.29) is 5.91 Å². The number of allylic oxidation sites excluding steroid dienone is 1. The highest BCUT2D eigenvalue weighted by atomic mass is 35.5. The van der Waals surface area contributed by atoms with Crippen molar-refractivity contribution in [2.45, 2.75) is 38.5 Å². The molecule has 0 aliphatic carbocycles. The maximum Gasteiger partial charge on any atom is 0.243 e. The Morgan fingerprint density at radius 1 is 1.12 bits per heavy atom. The number of hydrogen-bond acceptors (Lipinski definition) is 4. The molecule has 0 spiro atoms. The molecule has 2 rings (SSSR count). The molecular formula is C19H29ClN3O2+. The van der Waals surface area contributed by atoms with E-state index in [2.05, 4.69) is 28.5 Å². The van der Waals surface area contributed by atoms with Gasteiger partial charge in [0.15, 0.2) is 11.6 Å². The highest BCUT2D eigenvalue weighted by Crippen LogP contribution is 2.21. The van der Waals surface area contributed by atoms with E-state index < -0.39 is 0 Å². The van der Waals surface area contributed by atoms with Crippen LogP contribution in [0, 0.1) is 11.6 Å². The number of carbonyl (C=O) groups excluding carboxylic acids is 1. The summed E-state index contributed by atoms with van der Waals surface area (Å²) in [6, 6.07) is 8.16. The van der Waals surface area contributed by atoms with Crippen LogP contribution in [0.4, 0.5) is 5.69 Å². The van der Waals surface area contributed by atoms with Gasteiger partial charge in [0, 0.05) is 56.1 Å². The molecule has 1 heterocycles. The van der Waals surface area contributed by atoms with Crippen molar-refractivity contribution in [3.8, 4) is 0 Å². The molecule has 0 aromatic heterocycles. The van der Waals surface area contributed by atoms with Gasteiger partial charge in [-0.1, -0.05) is 25.5 Å². The summed E-state index contributed by atoms with van der Waals surface area (Å²) in [5.74, 6) is -0.302. The zero-order valence-corrected chi connectivity index (χ0v) is 15.6. The minimum absolute atomic E-state index is 0.302. The second-order valence-electron chi connectivity index (χ2n) is 6.49. The number of benzene rings is 1. The highest BCUT2D eigenvalue weighted by Gasteiger charge is 2.18. The van der Waals surface area contributed by atoms with Gasteiger partial charge in [-0.25, -0.2) is 5.48 Å². The summed E-state index contributed by atoms with van der Waals surface area (Å²) in [6.45, 7) is 8.23. The molecule has 1 aliphatic heterocycles. The number of nitrogens with one attached hydrogen (secondary N) is 1. The Hall–Kier alpha value is -1.72. The number of unbranched alkanes of at least 4 members (excludes halogenated alkanes) is 3. The van der Waals surface area contributed by atoms with Crippen LogP contribution in [0.15, 0.2) is 36.5 Å². The van der Waals surface area contributed by atoms with Crippen LogP contribution in [0.2, 0.25) is 5.02 Å². The first-order valence-corrected chi connectivity index (χ1v) is 9.38. The van der Waals surface area contributed by atoms with E-state index in [1.165, 1.54) is 11.4 Å². The van der Waals surface area contributed by atoms with Gasteiger partial charge in [0.1, 0.15) is 0 Å². The predicted octanol–water partition coefficient (Wildman–Crippen LogP) is 2.86. The first-order valence-electron chi connectivity index (χ1n) is 8.98. The fourth-order valence-corrected chi connectivity index (χ4v) is 3.34. The molecule has 1 aromatic rings. The molecule has 1 fully saturated rings. The summed E-state index contributed by atoms with van der Waals surface area (Å²) in [5.41, 5.74) is 4.09.